The molecular formula is C43H33N9Na2O6S2. The van der Waals surface area contributed by atoms with Crippen molar-refractivity contribution >= 4 is 102 Å². The molecule has 0 bridgehead atoms. The van der Waals surface area contributed by atoms with Gasteiger partial charge in [0.05, 0.1) is 16.9 Å². The van der Waals surface area contributed by atoms with Crippen LogP contribution in [0.25, 0.3) is 10.8 Å². The summed E-state index contributed by atoms with van der Waals surface area (Å²) in [7, 11) is -4.69. The minimum absolute atomic E-state index is 0. The van der Waals surface area contributed by atoms with Gasteiger partial charge in [0, 0.05) is 66.9 Å². The average Bonchev–Trinajstić information content (AvgIpc) is 3.24. The molecule has 0 amide bonds. The van der Waals surface area contributed by atoms with Crippen LogP contribution in [-0.4, -0.2) is 27.9 Å². The zero-order chi connectivity index (χ0) is 41.3. The molecule has 7 aromatic carbocycles. The second kappa shape index (κ2) is 21.7. The van der Waals surface area contributed by atoms with E-state index in [0.717, 1.165) is 62.6 Å². The molecule has 1 aromatic heterocycles. The second-order valence-electron chi connectivity index (χ2n) is 13.0. The van der Waals surface area contributed by atoms with Crippen molar-refractivity contribution in [2.75, 3.05) is 31.9 Å². The van der Waals surface area contributed by atoms with Crippen molar-refractivity contribution in [2.45, 2.75) is 9.79 Å². The zero-order valence-electron chi connectivity index (χ0n) is 33.2. The molecular weight excluding hydrogens is 849 g/mol. The predicted octanol–water partition coefficient (Wildman–Crippen LogP) is 3.63. The first-order valence-corrected chi connectivity index (χ1v) is 20.3. The van der Waals surface area contributed by atoms with E-state index in [1.165, 1.54) is 18.2 Å². The first kappa shape index (κ1) is 46.3. The summed E-state index contributed by atoms with van der Waals surface area (Å²) in [6.07, 6.45) is 0. The third kappa shape index (κ3) is 12.4. The smallest absolute Gasteiger partial charge is 0.744 e. The molecule has 15 nitrogen and oxygen atoms in total. The summed E-state index contributed by atoms with van der Waals surface area (Å²) < 4.78 is 39.7. The number of nitrogens with one attached hydrogen (secondary N) is 6. The van der Waals surface area contributed by atoms with Crippen molar-refractivity contribution in [2.24, 2.45) is 0 Å². The number of hydrogen-bond acceptors (Lipinski definition) is 16. The molecule has 62 heavy (non-hydrogen) atoms. The Morgan fingerprint density at radius 2 is 0.903 bits per heavy atom. The molecule has 0 saturated heterocycles. The van der Waals surface area contributed by atoms with E-state index in [9.17, 15) is 18.2 Å². The average molecular weight is 882 g/mol. The van der Waals surface area contributed by atoms with Gasteiger partial charge in [-0.15, -0.1) is 0 Å². The second-order valence-corrected chi connectivity index (χ2v) is 15.2. The maximum atomic E-state index is 11.7. The Morgan fingerprint density at radius 1 is 0.452 bits per heavy atom. The topological polar surface area (TPSA) is 210 Å². The first-order chi connectivity index (χ1) is 29.2. The van der Waals surface area contributed by atoms with E-state index >= 15 is 0 Å². The van der Waals surface area contributed by atoms with Crippen LogP contribution in [0.15, 0.2) is 174 Å². The van der Waals surface area contributed by atoms with Gasteiger partial charge < -0.3 is 41.7 Å². The number of nitrogens with zero attached hydrogens (tertiary/aromatic N) is 3. The summed E-state index contributed by atoms with van der Waals surface area (Å²) in [5.74, 6) is 0.493. The third-order valence-electron chi connectivity index (χ3n) is 8.77. The molecule has 8 aromatic rings. The molecule has 0 fully saturated rings. The summed E-state index contributed by atoms with van der Waals surface area (Å²) in [5.41, 5.74) is 6.62. The minimum Gasteiger partial charge on any atom is -0.744 e. The maximum Gasteiger partial charge on any atom is 1.00 e. The standard InChI is InChI=1S/C43H35N9O6S2.2Na/c53-57-58-59-35-17-7-15-30(26-35)45-33-23-32(44-28-11-3-1-4-12-28)24-34(25-33)46-39-21-9-20-38-37(39)19-10-22-40(38)49-43-51-41(47-29-13-5-2-6-14-29)50-42(52-43)48-31-16-8-18-36(27-31)60(54,55)56;;/h1-27,44-46,53H,(H,54,55,56)(H3,47,48,49,50,51,52);;/q;2*+1/p-2. The van der Waals surface area contributed by atoms with E-state index in [1.807, 2.05) is 133 Å². The van der Waals surface area contributed by atoms with E-state index in [1.54, 1.807) is 12.1 Å². The molecule has 0 spiro atoms. The first-order valence-electron chi connectivity index (χ1n) is 18.2. The molecule has 0 radical (unpaired) electrons. The normalized spacial score (nSPS) is 10.8. The Bertz CT molecular complexity index is 2890. The van der Waals surface area contributed by atoms with E-state index < -0.39 is 15.0 Å². The molecule has 6 N–H and O–H groups in total. The molecule has 8 rings (SSSR count). The quantitative estimate of drug-likeness (QED) is 0.0269. The van der Waals surface area contributed by atoms with Crippen molar-refractivity contribution in [3.05, 3.63) is 164 Å². The largest absolute Gasteiger partial charge is 1.00 e. The van der Waals surface area contributed by atoms with Gasteiger partial charge in [-0.05, 0) is 91.0 Å². The molecule has 0 aliphatic heterocycles. The summed E-state index contributed by atoms with van der Waals surface area (Å²) in [4.78, 5) is 14.0. The number of para-hydroxylation sites is 2. The van der Waals surface area contributed by atoms with Crippen LogP contribution in [0.1, 0.15) is 0 Å². The monoisotopic (exact) mass is 881 g/mol. The van der Waals surface area contributed by atoms with Gasteiger partial charge in [-0.25, -0.2) is 8.42 Å². The maximum absolute atomic E-state index is 11.7. The van der Waals surface area contributed by atoms with E-state index in [0.29, 0.717) is 16.3 Å². The van der Waals surface area contributed by atoms with Crippen LogP contribution in [0, 0.1) is 0 Å². The SMILES string of the molecule is O=S(=O)([O-])c1cccc(Nc2nc(Nc3ccccc3)nc(Nc3cccc4c(Nc5cc(Nc6ccccc6)cc(Nc6cccc(SOO[O-])c6)c5)cccc34)n2)c1.[Na+].[Na+]. The van der Waals surface area contributed by atoms with Gasteiger partial charge >= 0.3 is 59.1 Å². The zero-order valence-corrected chi connectivity index (χ0v) is 38.8. The Morgan fingerprint density at radius 3 is 1.48 bits per heavy atom. The van der Waals surface area contributed by atoms with Crippen LogP contribution in [0.3, 0.4) is 0 Å². The summed E-state index contributed by atoms with van der Waals surface area (Å²) >= 11 is 0.811. The Hall–Kier alpha value is -5.25. The van der Waals surface area contributed by atoms with Crippen LogP contribution in [0.4, 0.5) is 69.0 Å². The molecule has 0 aliphatic rings. The summed E-state index contributed by atoms with van der Waals surface area (Å²) in [5, 5.41) is 35.7. The number of rotatable bonds is 16. The van der Waals surface area contributed by atoms with Gasteiger partial charge in [0.2, 0.25) is 17.8 Å². The fourth-order valence-electron chi connectivity index (χ4n) is 6.23. The van der Waals surface area contributed by atoms with E-state index in [2.05, 4.69) is 56.2 Å². The molecule has 1 heterocycles. The number of fused-ring (bicyclic) bond motifs is 1. The molecule has 0 aliphatic carbocycles. The molecule has 0 saturated carbocycles. The number of benzene rings is 7. The number of aromatic nitrogens is 3. The van der Waals surface area contributed by atoms with Crippen molar-refractivity contribution in [3.63, 3.8) is 0 Å². The Balaban J connectivity index is 0.00000321. The molecule has 0 atom stereocenters. The fourth-order valence-corrected chi connectivity index (χ4v) is 7.17. The number of anilines is 12. The molecule has 300 valence electrons. The fraction of sp³-hybridized carbons (Fsp3) is 0. The predicted molar refractivity (Wildman–Crippen MR) is 232 cm³/mol. The van der Waals surface area contributed by atoms with Gasteiger partial charge in [0.15, 0.2) is 0 Å². The minimum atomic E-state index is -4.69. The van der Waals surface area contributed by atoms with Gasteiger partial charge in [-0.1, -0.05) is 72.8 Å². The van der Waals surface area contributed by atoms with Crippen LogP contribution in [-0.2, 0) is 19.5 Å². The van der Waals surface area contributed by atoms with Crippen molar-refractivity contribution in [1.82, 2.24) is 15.0 Å². The van der Waals surface area contributed by atoms with Gasteiger partial charge in [-0.2, -0.15) is 19.3 Å². The number of hydrogen-bond donors (Lipinski definition) is 6. The Labute approximate surface area is 405 Å². The Kier molecular flexibility index (Phi) is 16.2. The van der Waals surface area contributed by atoms with Crippen LogP contribution >= 0.6 is 12.0 Å². The molecule has 0 unspecified atom stereocenters. The van der Waals surface area contributed by atoms with Crippen molar-refractivity contribution < 1.29 is 86.7 Å². The van der Waals surface area contributed by atoms with Gasteiger partial charge in [0.1, 0.15) is 10.1 Å². The van der Waals surface area contributed by atoms with Crippen LogP contribution in [0.2, 0.25) is 0 Å². The van der Waals surface area contributed by atoms with Crippen molar-refractivity contribution in [1.29, 1.82) is 0 Å². The summed E-state index contributed by atoms with van der Waals surface area (Å²) in [6, 6.07) is 49.8. The van der Waals surface area contributed by atoms with Gasteiger partial charge in [-0.3, -0.25) is 5.04 Å². The summed E-state index contributed by atoms with van der Waals surface area (Å²) in [6.45, 7) is 0. The van der Waals surface area contributed by atoms with Crippen LogP contribution in [0.5, 0.6) is 0 Å². The van der Waals surface area contributed by atoms with Crippen LogP contribution < -0.4 is 96.3 Å². The molecule has 19 heteroatoms. The van der Waals surface area contributed by atoms with E-state index in [-0.39, 0.29) is 77.0 Å². The van der Waals surface area contributed by atoms with E-state index in [4.69, 9.17) is 0 Å². The third-order valence-corrected chi connectivity index (χ3v) is 10.2. The van der Waals surface area contributed by atoms with Crippen molar-refractivity contribution in [3.8, 4) is 0 Å². The van der Waals surface area contributed by atoms with Gasteiger partial charge in [0.25, 0.3) is 0 Å².